The fraction of sp³-hybridized carbons (Fsp3) is 0.500. The second kappa shape index (κ2) is 5.48. The van der Waals surface area contributed by atoms with E-state index in [1.54, 1.807) is 12.3 Å². The molecule has 1 aliphatic heterocycles. The maximum atomic E-state index is 11.8. The molecule has 18 heavy (non-hydrogen) atoms. The fourth-order valence-corrected chi connectivity index (χ4v) is 3.28. The van der Waals surface area contributed by atoms with Crippen LogP contribution in [0.3, 0.4) is 0 Å². The first-order valence-corrected chi connectivity index (χ1v) is 6.93. The summed E-state index contributed by atoms with van der Waals surface area (Å²) in [7, 11) is 3.32. The van der Waals surface area contributed by atoms with Crippen LogP contribution in [0.4, 0.5) is 11.5 Å². The average molecular weight is 267 g/mol. The minimum Gasteiger partial charge on any atom is -0.465 e. The molecule has 1 saturated heterocycles. The molecular formula is C12H17N3O2S. The van der Waals surface area contributed by atoms with Gasteiger partial charge in [-0.3, -0.25) is 0 Å². The van der Waals surface area contributed by atoms with E-state index in [9.17, 15) is 4.79 Å². The van der Waals surface area contributed by atoms with Crippen molar-refractivity contribution in [3.63, 3.8) is 0 Å². The van der Waals surface area contributed by atoms with Crippen molar-refractivity contribution in [1.82, 2.24) is 4.98 Å². The Balaban J connectivity index is 2.33. The van der Waals surface area contributed by atoms with E-state index in [-0.39, 0.29) is 0 Å². The number of nitrogen functional groups attached to an aromatic ring is 1. The Labute approximate surface area is 111 Å². The highest BCUT2D eigenvalue weighted by Crippen LogP contribution is 2.27. The van der Waals surface area contributed by atoms with Crippen molar-refractivity contribution in [2.24, 2.45) is 0 Å². The molecule has 6 heteroatoms. The lowest BCUT2D eigenvalue weighted by Crippen LogP contribution is -2.33. The van der Waals surface area contributed by atoms with Gasteiger partial charge in [0, 0.05) is 18.8 Å². The van der Waals surface area contributed by atoms with Crippen molar-refractivity contribution in [1.29, 1.82) is 0 Å². The van der Waals surface area contributed by atoms with Crippen molar-refractivity contribution >= 4 is 29.2 Å². The van der Waals surface area contributed by atoms with E-state index in [0.29, 0.717) is 23.1 Å². The zero-order chi connectivity index (χ0) is 13.1. The number of pyridine rings is 1. The minimum absolute atomic E-state index is 0.401. The second-order valence-corrected chi connectivity index (χ2v) is 5.41. The van der Waals surface area contributed by atoms with Crippen LogP contribution in [0, 0.1) is 0 Å². The Bertz CT molecular complexity index is 447. The van der Waals surface area contributed by atoms with E-state index < -0.39 is 5.97 Å². The van der Waals surface area contributed by atoms with E-state index in [1.165, 1.54) is 7.11 Å². The van der Waals surface area contributed by atoms with Crippen LogP contribution in [-0.2, 0) is 4.74 Å². The van der Waals surface area contributed by atoms with Crippen LogP contribution in [-0.4, -0.2) is 42.7 Å². The maximum Gasteiger partial charge on any atom is 0.341 e. The average Bonchev–Trinajstić information content (AvgIpc) is 2.90. The molecule has 5 nitrogen and oxygen atoms in total. The summed E-state index contributed by atoms with van der Waals surface area (Å²) in [6, 6.07) is 2.03. The predicted octanol–water partition coefficient (Wildman–Crippen LogP) is 1.39. The Kier molecular flexibility index (Phi) is 3.96. The van der Waals surface area contributed by atoms with Crippen molar-refractivity contribution in [2.45, 2.75) is 12.5 Å². The van der Waals surface area contributed by atoms with Gasteiger partial charge in [0.05, 0.1) is 19.0 Å². The zero-order valence-corrected chi connectivity index (χ0v) is 11.4. The monoisotopic (exact) mass is 267 g/mol. The number of carbonyl (C=O) groups is 1. The van der Waals surface area contributed by atoms with E-state index in [4.69, 9.17) is 10.5 Å². The molecule has 1 unspecified atom stereocenters. The molecule has 0 amide bonds. The van der Waals surface area contributed by atoms with Crippen LogP contribution in [0.2, 0.25) is 0 Å². The van der Waals surface area contributed by atoms with Crippen molar-refractivity contribution in [3.05, 3.63) is 17.8 Å². The van der Waals surface area contributed by atoms with Crippen LogP contribution < -0.4 is 10.6 Å². The Morgan fingerprint density at radius 2 is 2.44 bits per heavy atom. The number of carbonyl (C=O) groups excluding carboxylic acids is 1. The molecular weight excluding hydrogens is 250 g/mol. The number of hydrogen-bond acceptors (Lipinski definition) is 6. The molecule has 1 aliphatic rings. The van der Waals surface area contributed by atoms with Gasteiger partial charge >= 0.3 is 5.97 Å². The normalized spacial score (nSPS) is 18.7. The van der Waals surface area contributed by atoms with Gasteiger partial charge in [-0.15, -0.1) is 0 Å². The van der Waals surface area contributed by atoms with E-state index >= 15 is 0 Å². The molecule has 1 aromatic heterocycles. The molecule has 2 N–H and O–H groups in total. The molecule has 98 valence electrons. The summed E-state index contributed by atoms with van der Waals surface area (Å²) >= 11 is 1.92. The van der Waals surface area contributed by atoms with Gasteiger partial charge in [-0.25, -0.2) is 9.78 Å². The summed E-state index contributed by atoms with van der Waals surface area (Å²) in [6.07, 6.45) is 2.67. The lowest BCUT2D eigenvalue weighted by atomic mass is 10.2. The number of nitrogens with zero attached hydrogens (tertiary/aromatic N) is 2. The largest absolute Gasteiger partial charge is 0.465 e. The summed E-state index contributed by atoms with van der Waals surface area (Å²) in [4.78, 5) is 18.1. The van der Waals surface area contributed by atoms with E-state index in [1.807, 2.05) is 23.7 Å². The van der Waals surface area contributed by atoms with Gasteiger partial charge in [0.25, 0.3) is 0 Å². The van der Waals surface area contributed by atoms with Gasteiger partial charge in [0.15, 0.2) is 0 Å². The maximum absolute atomic E-state index is 11.8. The summed E-state index contributed by atoms with van der Waals surface area (Å²) in [5.41, 5.74) is 6.57. The Morgan fingerprint density at radius 3 is 3.06 bits per heavy atom. The molecule has 0 saturated carbocycles. The third-order valence-electron chi connectivity index (χ3n) is 3.08. The number of nitrogens with two attached hydrogens (primary N) is 1. The predicted molar refractivity (Wildman–Crippen MR) is 74.1 cm³/mol. The van der Waals surface area contributed by atoms with Crippen LogP contribution in [0.5, 0.6) is 0 Å². The van der Waals surface area contributed by atoms with E-state index in [2.05, 4.69) is 4.98 Å². The number of thioether (sulfide) groups is 1. The zero-order valence-electron chi connectivity index (χ0n) is 10.5. The Hall–Kier alpha value is -1.43. The van der Waals surface area contributed by atoms with Crippen molar-refractivity contribution < 1.29 is 9.53 Å². The summed E-state index contributed by atoms with van der Waals surface area (Å²) in [5.74, 6) is 2.45. The third-order valence-corrected chi connectivity index (χ3v) is 4.23. The number of esters is 1. The van der Waals surface area contributed by atoms with Gasteiger partial charge in [0.2, 0.25) is 0 Å². The number of aromatic nitrogens is 1. The third kappa shape index (κ3) is 2.53. The van der Waals surface area contributed by atoms with E-state index in [0.717, 1.165) is 17.9 Å². The molecule has 0 aliphatic carbocycles. The first kappa shape index (κ1) is 13.0. The van der Waals surface area contributed by atoms with Crippen molar-refractivity contribution in [3.8, 4) is 0 Å². The number of rotatable bonds is 3. The van der Waals surface area contributed by atoms with Gasteiger partial charge in [-0.1, -0.05) is 0 Å². The molecule has 2 rings (SSSR count). The standard InChI is InChI=1S/C12H17N3O2S/c1-15(9-3-4-18-7-9)11-10(12(16)17-2)5-8(13)6-14-11/h5-6,9H,3-4,7,13H2,1-2H3. The SMILES string of the molecule is COC(=O)c1cc(N)cnc1N(C)C1CCSC1. The minimum atomic E-state index is -0.401. The van der Waals surface area contributed by atoms with Gasteiger partial charge in [-0.2, -0.15) is 11.8 Å². The van der Waals surface area contributed by atoms with Gasteiger partial charge in [0.1, 0.15) is 11.4 Å². The van der Waals surface area contributed by atoms with Crippen LogP contribution in [0.1, 0.15) is 16.8 Å². The number of hydrogen-bond donors (Lipinski definition) is 1. The number of anilines is 2. The van der Waals surface area contributed by atoms with Crippen molar-refractivity contribution in [2.75, 3.05) is 36.3 Å². The quantitative estimate of drug-likeness (QED) is 0.835. The first-order valence-electron chi connectivity index (χ1n) is 5.78. The molecule has 0 spiro atoms. The molecule has 1 fully saturated rings. The summed E-state index contributed by atoms with van der Waals surface area (Å²) in [6.45, 7) is 0. The number of methoxy groups -OCH3 is 1. The van der Waals surface area contributed by atoms with Crippen LogP contribution in [0.25, 0.3) is 0 Å². The second-order valence-electron chi connectivity index (χ2n) is 4.26. The Morgan fingerprint density at radius 1 is 1.67 bits per heavy atom. The molecule has 1 atom stereocenters. The highest BCUT2D eigenvalue weighted by molar-refractivity contribution is 7.99. The van der Waals surface area contributed by atoms with Gasteiger partial charge < -0.3 is 15.4 Å². The summed E-state index contributed by atoms with van der Waals surface area (Å²) in [5, 5.41) is 0. The first-order chi connectivity index (χ1) is 8.63. The highest BCUT2D eigenvalue weighted by atomic mass is 32.2. The smallest absolute Gasteiger partial charge is 0.341 e. The molecule has 0 bridgehead atoms. The summed E-state index contributed by atoms with van der Waals surface area (Å²) < 4.78 is 4.78. The van der Waals surface area contributed by atoms with Gasteiger partial charge in [-0.05, 0) is 18.2 Å². The lowest BCUT2D eigenvalue weighted by molar-refractivity contribution is 0.0601. The molecule has 2 heterocycles. The fourth-order valence-electron chi connectivity index (χ4n) is 2.02. The lowest BCUT2D eigenvalue weighted by Gasteiger charge is -2.26. The number of ether oxygens (including phenoxy) is 1. The van der Waals surface area contributed by atoms with Crippen LogP contribution >= 0.6 is 11.8 Å². The molecule has 0 radical (unpaired) electrons. The highest BCUT2D eigenvalue weighted by Gasteiger charge is 2.25. The molecule has 0 aromatic carbocycles. The topological polar surface area (TPSA) is 68.5 Å². The molecule has 1 aromatic rings. The van der Waals surface area contributed by atoms with Crippen LogP contribution in [0.15, 0.2) is 12.3 Å².